The second-order valence-corrected chi connectivity index (χ2v) is 3.26. The molecule has 92 valence electrons. The molecule has 0 heterocycles. The third-order valence-electron chi connectivity index (χ3n) is 2.25. The highest BCUT2D eigenvalue weighted by Gasteiger charge is 2.15. The molecule has 0 N–H and O–H groups in total. The Morgan fingerprint density at radius 2 is 2.00 bits per heavy atom. The van der Waals surface area contributed by atoms with Crippen LogP contribution in [0, 0.1) is 0 Å². The summed E-state index contributed by atoms with van der Waals surface area (Å²) in [6.45, 7) is 6.12. The van der Waals surface area contributed by atoms with Gasteiger partial charge in [-0.05, 0) is 25.1 Å². The smallest absolute Gasteiger partial charge is 0.338 e. The monoisotopic (exact) mass is 236 g/mol. The number of hydrogen-bond acceptors (Lipinski definition) is 4. The van der Waals surface area contributed by atoms with E-state index in [4.69, 9.17) is 14.2 Å². The Balaban J connectivity index is 3.19. The number of carbonyl (C=O) groups excluding carboxylic acids is 1. The molecule has 0 aliphatic rings. The molecule has 1 aromatic carbocycles. The van der Waals surface area contributed by atoms with E-state index in [1.165, 1.54) is 14.2 Å². The number of rotatable bonds is 5. The zero-order chi connectivity index (χ0) is 12.8. The van der Waals surface area contributed by atoms with Crippen molar-refractivity contribution in [3.8, 4) is 5.75 Å². The predicted molar refractivity (Wildman–Crippen MR) is 65.0 cm³/mol. The second kappa shape index (κ2) is 5.94. The molecule has 17 heavy (non-hydrogen) atoms. The van der Waals surface area contributed by atoms with Gasteiger partial charge in [0.05, 0.1) is 26.4 Å². The van der Waals surface area contributed by atoms with Gasteiger partial charge in [0.1, 0.15) is 11.5 Å². The van der Waals surface area contributed by atoms with Gasteiger partial charge in [-0.2, -0.15) is 0 Å². The summed E-state index contributed by atoms with van der Waals surface area (Å²) >= 11 is 0. The van der Waals surface area contributed by atoms with Crippen LogP contribution in [0.2, 0.25) is 0 Å². The summed E-state index contributed by atoms with van der Waals surface area (Å²) in [5.41, 5.74) is 0.991. The molecule has 0 bridgehead atoms. The van der Waals surface area contributed by atoms with E-state index in [1.807, 2.05) is 6.92 Å². The molecule has 0 fully saturated rings. The van der Waals surface area contributed by atoms with Crippen LogP contribution in [-0.2, 0) is 9.47 Å². The van der Waals surface area contributed by atoms with E-state index >= 15 is 0 Å². The average Bonchev–Trinajstić information content (AvgIpc) is 2.37. The fourth-order valence-corrected chi connectivity index (χ4v) is 1.42. The van der Waals surface area contributed by atoms with E-state index in [-0.39, 0.29) is 0 Å². The van der Waals surface area contributed by atoms with Crippen molar-refractivity contribution in [1.82, 2.24) is 0 Å². The van der Waals surface area contributed by atoms with Crippen LogP contribution in [0.25, 0.3) is 5.76 Å². The lowest BCUT2D eigenvalue weighted by molar-refractivity contribution is 0.0599. The minimum absolute atomic E-state index is 0.380. The molecule has 1 rings (SSSR count). The molecule has 0 aromatic heterocycles. The highest BCUT2D eigenvalue weighted by Crippen LogP contribution is 2.24. The summed E-state index contributed by atoms with van der Waals surface area (Å²) in [7, 11) is 2.86. The third-order valence-corrected chi connectivity index (χ3v) is 2.25. The van der Waals surface area contributed by atoms with Crippen molar-refractivity contribution < 1.29 is 19.0 Å². The molecule has 0 radical (unpaired) electrons. The van der Waals surface area contributed by atoms with Crippen molar-refractivity contribution in [2.75, 3.05) is 20.8 Å². The first-order chi connectivity index (χ1) is 8.13. The van der Waals surface area contributed by atoms with Crippen molar-refractivity contribution in [2.24, 2.45) is 0 Å². The lowest BCUT2D eigenvalue weighted by atomic mass is 10.1. The maximum atomic E-state index is 11.6. The Hall–Kier alpha value is -1.97. The minimum atomic E-state index is -0.445. The van der Waals surface area contributed by atoms with Crippen molar-refractivity contribution >= 4 is 11.7 Å². The zero-order valence-corrected chi connectivity index (χ0v) is 10.3. The number of carbonyl (C=O) groups is 1. The van der Waals surface area contributed by atoms with Gasteiger partial charge in [-0.1, -0.05) is 6.58 Å². The highest BCUT2D eigenvalue weighted by atomic mass is 16.5. The first-order valence-electron chi connectivity index (χ1n) is 5.22. The third kappa shape index (κ3) is 3.00. The van der Waals surface area contributed by atoms with Crippen molar-refractivity contribution in [1.29, 1.82) is 0 Å². The quantitative estimate of drug-likeness (QED) is 0.582. The van der Waals surface area contributed by atoms with E-state index in [0.29, 0.717) is 29.2 Å². The predicted octanol–water partition coefficient (Wildman–Crippen LogP) is 2.49. The lowest BCUT2D eigenvalue weighted by Gasteiger charge is -2.12. The van der Waals surface area contributed by atoms with Gasteiger partial charge in [-0.3, -0.25) is 0 Å². The number of benzene rings is 1. The molecule has 4 nitrogen and oxygen atoms in total. The highest BCUT2D eigenvalue weighted by molar-refractivity contribution is 5.95. The van der Waals surface area contributed by atoms with Crippen molar-refractivity contribution in [2.45, 2.75) is 6.92 Å². The lowest BCUT2D eigenvalue weighted by Crippen LogP contribution is -2.06. The van der Waals surface area contributed by atoms with E-state index in [9.17, 15) is 4.79 Å². The van der Waals surface area contributed by atoms with Crippen molar-refractivity contribution in [3.63, 3.8) is 0 Å². The topological polar surface area (TPSA) is 44.8 Å². The fraction of sp³-hybridized carbons (Fsp3) is 0.308. The van der Waals surface area contributed by atoms with E-state index in [2.05, 4.69) is 6.58 Å². The summed E-state index contributed by atoms with van der Waals surface area (Å²) in [6, 6.07) is 5.07. The van der Waals surface area contributed by atoms with Gasteiger partial charge in [-0.15, -0.1) is 0 Å². The Morgan fingerprint density at radius 1 is 1.29 bits per heavy atom. The SMILES string of the molecule is C=C(OCC)c1ccc(OC)cc1C(=O)OC. The first-order valence-corrected chi connectivity index (χ1v) is 5.22. The Labute approximate surface area is 101 Å². The maximum absolute atomic E-state index is 11.6. The average molecular weight is 236 g/mol. The summed E-state index contributed by atoms with van der Waals surface area (Å²) in [4.78, 5) is 11.6. The molecule has 1 aromatic rings. The standard InChI is InChI=1S/C13H16O4/c1-5-17-9(2)11-7-6-10(15-3)8-12(11)13(14)16-4/h6-8H,2,5H2,1,3-4H3. The van der Waals surface area contributed by atoms with Gasteiger partial charge >= 0.3 is 5.97 Å². The van der Waals surface area contributed by atoms with E-state index < -0.39 is 5.97 Å². The fourth-order valence-electron chi connectivity index (χ4n) is 1.42. The minimum Gasteiger partial charge on any atom is -0.497 e. The van der Waals surface area contributed by atoms with Gasteiger partial charge < -0.3 is 14.2 Å². The van der Waals surface area contributed by atoms with Crippen LogP contribution in [0.3, 0.4) is 0 Å². The molecular formula is C13H16O4. The van der Waals surface area contributed by atoms with Crippen LogP contribution in [-0.4, -0.2) is 26.8 Å². The summed E-state index contributed by atoms with van der Waals surface area (Å²) in [5.74, 6) is 0.578. The molecule has 0 amide bonds. The van der Waals surface area contributed by atoms with E-state index in [0.717, 1.165) is 0 Å². The van der Waals surface area contributed by atoms with Gasteiger partial charge in [-0.25, -0.2) is 4.79 Å². The van der Waals surface area contributed by atoms with Crippen LogP contribution in [0.4, 0.5) is 0 Å². The number of hydrogen-bond donors (Lipinski definition) is 0. The number of methoxy groups -OCH3 is 2. The summed E-state index contributed by atoms with van der Waals surface area (Å²) in [5, 5.41) is 0. The van der Waals surface area contributed by atoms with Crippen LogP contribution in [0.5, 0.6) is 5.75 Å². The molecule has 0 unspecified atom stereocenters. The Kier molecular flexibility index (Phi) is 4.57. The second-order valence-electron chi connectivity index (χ2n) is 3.26. The molecule has 4 heteroatoms. The number of esters is 1. The van der Waals surface area contributed by atoms with E-state index in [1.54, 1.807) is 18.2 Å². The molecule has 0 saturated heterocycles. The summed E-state index contributed by atoms with van der Waals surface area (Å²) < 4.78 is 15.1. The van der Waals surface area contributed by atoms with Crippen LogP contribution < -0.4 is 4.74 Å². The van der Waals surface area contributed by atoms with Crippen LogP contribution in [0.1, 0.15) is 22.8 Å². The Morgan fingerprint density at radius 3 is 2.53 bits per heavy atom. The normalized spacial score (nSPS) is 9.59. The van der Waals surface area contributed by atoms with Gasteiger partial charge in [0.15, 0.2) is 0 Å². The molecule has 0 spiro atoms. The van der Waals surface area contributed by atoms with Gasteiger partial charge in [0, 0.05) is 5.56 Å². The molecule has 0 aliphatic heterocycles. The van der Waals surface area contributed by atoms with Gasteiger partial charge in [0.2, 0.25) is 0 Å². The summed E-state index contributed by atoms with van der Waals surface area (Å²) in [6.07, 6.45) is 0. The van der Waals surface area contributed by atoms with Crippen molar-refractivity contribution in [3.05, 3.63) is 35.9 Å². The molecule has 0 saturated carbocycles. The van der Waals surface area contributed by atoms with Gasteiger partial charge in [0.25, 0.3) is 0 Å². The molecule has 0 atom stereocenters. The molecule has 0 aliphatic carbocycles. The van der Waals surface area contributed by atoms with Crippen LogP contribution >= 0.6 is 0 Å². The number of ether oxygens (including phenoxy) is 3. The maximum Gasteiger partial charge on any atom is 0.338 e. The first kappa shape index (κ1) is 13.1. The zero-order valence-electron chi connectivity index (χ0n) is 10.3. The Bertz CT molecular complexity index is 423. The molecular weight excluding hydrogens is 220 g/mol. The van der Waals surface area contributed by atoms with Crippen LogP contribution in [0.15, 0.2) is 24.8 Å². The largest absolute Gasteiger partial charge is 0.497 e.